The van der Waals surface area contributed by atoms with Crippen LogP contribution >= 0.6 is 23.2 Å². The second-order valence-electron chi connectivity index (χ2n) is 8.30. The molecule has 1 aliphatic rings. The number of piperidine rings is 1. The van der Waals surface area contributed by atoms with E-state index in [1.165, 1.54) is 7.11 Å². The number of rotatable bonds is 7. The van der Waals surface area contributed by atoms with Crippen molar-refractivity contribution in [3.63, 3.8) is 0 Å². The summed E-state index contributed by atoms with van der Waals surface area (Å²) in [6.45, 7) is 3.49. The first-order chi connectivity index (χ1) is 15.3. The molecule has 172 valence electrons. The summed E-state index contributed by atoms with van der Waals surface area (Å²) in [7, 11) is 1.33. The zero-order valence-corrected chi connectivity index (χ0v) is 20.0. The largest absolute Gasteiger partial charge is 0.469 e. The number of amides is 1. The summed E-state index contributed by atoms with van der Waals surface area (Å²) in [5.74, 6) is -1.89. The van der Waals surface area contributed by atoms with Crippen molar-refractivity contribution in [1.82, 2.24) is 4.90 Å². The van der Waals surface area contributed by atoms with Crippen molar-refractivity contribution in [2.24, 2.45) is 11.8 Å². The van der Waals surface area contributed by atoms with Gasteiger partial charge in [0.05, 0.1) is 37.6 Å². The number of hydrogen-bond donors (Lipinski definition) is 1. The van der Waals surface area contributed by atoms with E-state index in [1.54, 1.807) is 24.0 Å². The Balaban J connectivity index is 2.19. The molecule has 0 spiro atoms. The number of nitrogens with zero attached hydrogens (tertiary/aromatic N) is 1. The van der Waals surface area contributed by atoms with E-state index in [9.17, 15) is 14.7 Å². The molecule has 1 N–H and O–H groups in total. The molecule has 0 bridgehead atoms. The first-order valence-corrected chi connectivity index (χ1v) is 11.6. The van der Waals surface area contributed by atoms with Gasteiger partial charge in [0.2, 0.25) is 5.91 Å². The van der Waals surface area contributed by atoms with Crippen LogP contribution in [-0.4, -0.2) is 41.6 Å². The van der Waals surface area contributed by atoms with Crippen LogP contribution in [0.5, 0.6) is 0 Å². The smallest absolute Gasteiger partial charge is 0.309 e. The van der Waals surface area contributed by atoms with Gasteiger partial charge in [-0.05, 0) is 48.2 Å². The summed E-state index contributed by atoms with van der Waals surface area (Å²) >= 11 is 12.5. The third-order valence-electron chi connectivity index (χ3n) is 6.50. The molecule has 2 aromatic rings. The Morgan fingerprint density at radius 1 is 1.16 bits per heavy atom. The maximum Gasteiger partial charge on any atom is 0.309 e. The minimum atomic E-state index is -0.612. The summed E-state index contributed by atoms with van der Waals surface area (Å²) in [6, 6.07) is 14.3. The average molecular weight is 478 g/mol. The van der Waals surface area contributed by atoms with Gasteiger partial charge in [0.1, 0.15) is 0 Å². The molecule has 1 fully saturated rings. The highest BCUT2D eigenvalue weighted by Gasteiger charge is 2.48. The van der Waals surface area contributed by atoms with Crippen LogP contribution in [0.2, 0.25) is 10.0 Å². The minimum absolute atomic E-state index is 0.134. The number of benzene rings is 2. The van der Waals surface area contributed by atoms with Crippen LogP contribution in [0.25, 0.3) is 0 Å². The molecule has 0 radical (unpaired) electrons. The standard InChI is InChI=1S/C25H29Cl2NO4/c1-4-20(14-29)28-23(16-8-10-18(26)11-9-16)22(17-6-5-7-19(27)12-17)13-21(24(28)30)15(2)25(31)32-3/h5-12,15,20-23,29H,4,13-14H2,1-3H3/t15-,20?,21?,22+,23+/m0/s1. The van der Waals surface area contributed by atoms with Gasteiger partial charge in [-0.2, -0.15) is 0 Å². The van der Waals surface area contributed by atoms with Crippen molar-refractivity contribution in [3.05, 3.63) is 69.7 Å². The molecule has 1 aliphatic heterocycles. The number of hydrogen-bond acceptors (Lipinski definition) is 4. The fraction of sp³-hybridized carbons (Fsp3) is 0.440. The number of halogens is 2. The number of likely N-dealkylation sites (tertiary alicyclic amines) is 1. The normalized spacial score (nSPS) is 23.0. The van der Waals surface area contributed by atoms with Gasteiger partial charge in [-0.1, -0.05) is 61.3 Å². The molecule has 3 rings (SSSR count). The first kappa shape index (κ1) is 24.6. The van der Waals surface area contributed by atoms with Gasteiger partial charge in [-0.3, -0.25) is 9.59 Å². The highest BCUT2D eigenvalue weighted by Crippen LogP contribution is 2.48. The van der Waals surface area contributed by atoms with Crippen LogP contribution < -0.4 is 0 Å². The number of carbonyl (C=O) groups is 2. The maximum atomic E-state index is 13.8. The van der Waals surface area contributed by atoms with E-state index in [0.717, 1.165) is 11.1 Å². The predicted molar refractivity (Wildman–Crippen MR) is 126 cm³/mol. The maximum absolute atomic E-state index is 13.8. The molecule has 0 aliphatic carbocycles. The fourth-order valence-corrected chi connectivity index (χ4v) is 5.05. The topological polar surface area (TPSA) is 66.8 Å². The zero-order valence-electron chi connectivity index (χ0n) is 18.5. The molecule has 2 aromatic carbocycles. The lowest BCUT2D eigenvalue weighted by Gasteiger charge is -2.49. The number of aliphatic hydroxyl groups is 1. The summed E-state index contributed by atoms with van der Waals surface area (Å²) in [6.07, 6.45) is 1.04. The Bertz CT molecular complexity index is 945. The Labute approximate surface area is 199 Å². The minimum Gasteiger partial charge on any atom is -0.469 e. The van der Waals surface area contributed by atoms with Gasteiger partial charge >= 0.3 is 5.97 Å². The molecule has 7 heteroatoms. The second-order valence-corrected chi connectivity index (χ2v) is 9.17. The molecule has 1 saturated heterocycles. The molecule has 0 aromatic heterocycles. The van der Waals surface area contributed by atoms with Crippen molar-refractivity contribution in [1.29, 1.82) is 0 Å². The van der Waals surface area contributed by atoms with Crippen LogP contribution in [0.15, 0.2) is 48.5 Å². The quantitative estimate of drug-likeness (QED) is 0.553. The van der Waals surface area contributed by atoms with Crippen molar-refractivity contribution in [3.8, 4) is 0 Å². The SMILES string of the molecule is CCC(CO)N1C(=O)C([C@H](C)C(=O)OC)C[C@H](c2cccc(Cl)c2)[C@H]1c1ccc(Cl)cc1. The summed E-state index contributed by atoms with van der Waals surface area (Å²) in [4.78, 5) is 27.9. The predicted octanol–water partition coefficient (Wildman–Crippen LogP) is 5.25. The van der Waals surface area contributed by atoms with Crippen LogP contribution in [0, 0.1) is 11.8 Å². The second kappa shape index (κ2) is 10.7. The van der Waals surface area contributed by atoms with Gasteiger partial charge in [-0.15, -0.1) is 0 Å². The van der Waals surface area contributed by atoms with Crippen molar-refractivity contribution < 1.29 is 19.4 Å². The Kier molecular flexibility index (Phi) is 8.21. The average Bonchev–Trinajstić information content (AvgIpc) is 2.80. The van der Waals surface area contributed by atoms with Gasteiger partial charge < -0.3 is 14.7 Å². The third kappa shape index (κ3) is 4.95. The van der Waals surface area contributed by atoms with Crippen LogP contribution in [0.3, 0.4) is 0 Å². The highest BCUT2D eigenvalue weighted by molar-refractivity contribution is 6.30. The van der Waals surface area contributed by atoms with Crippen molar-refractivity contribution in [2.75, 3.05) is 13.7 Å². The van der Waals surface area contributed by atoms with Crippen molar-refractivity contribution in [2.45, 2.75) is 44.7 Å². The monoisotopic (exact) mass is 477 g/mol. The summed E-state index contributed by atoms with van der Waals surface area (Å²) in [5.41, 5.74) is 1.90. The highest BCUT2D eigenvalue weighted by atomic mass is 35.5. The number of methoxy groups -OCH3 is 1. The number of ether oxygens (including phenoxy) is 1. The molecule has 5 atom stereocenters. The molecule has 1 heterocycles. The van der Waals surface area contributed by atoms with E-state index in [0.29, 0.717) is 22.9 Å². The van der Waals surface area contributed by atoms with E-state index < -0.39 is 23.8 Å². The summed E-state index contributed by atoms with van der Waals surface area (Å²) in [5, 5.41) is 11.4. The Morgan fingerprint density at radius 2 is 1.84 bits per heavy atom. The molecular formula is C25H29Cl2NO4. The number of esters is 1. The first-order valence-electron chi connectivity index (χ1n) is 10.8. The third-order valence-corrected chi connectivity index (χ3v) is 6.99. The number of carbonyl (C=O) groups excluding carboxylic acids is 2. The Morgan fingerprint density at radius 3 is 2.41 bits per heavy atom. The lowest BCUT2D eigenvalue weighted by molar-refractivity contribution is -0.159. The van der Waals surface area contributed by atoms with Crippen LogP contribution in [0.1, 0.15) is 49.8 Å². The molecule has 2 unspecified atom stereocenters. The molecule has 1 amide bonds. The molecule has 5 nitrogen and oxygen atoms in total. The molecule has 32 heavy (non-hydrogen) atoms. The Hall–Kier alpha value is -2.08. The van der Waals surface area contributed by atoms with Gasteiger partial charge in [-0.25, -0.2) is 0 Å². The number of aliphatic hydroxyl groups excluding tert-OH is 1. The van der Waals surface area contributed by atoms with Gasteiger partial charge in [0.15, 0.2) is 0 Å². The lowest BCUT2D eigenvalue weighted by atomic mass is 9.71. The van der Waals surface area contributed by atoms with Crippen LogP contribution in [0.4, 0.5) is 0 Å². The van der Waals surface area contributed by atoms with Crippen molar-refractivity contribution >= 4 is 35.1 Å². The zero-order chi connectivity index (χ0) is 23.4. The van der Waals surface area contributed by atoms with E-state index in [1.807, 2.05) is 43.3 Å². The van der Waals surface area contributed by atoms with E-state index in [2.05, 4.69) is 0 Å². The van der Waals surface area contributed by atoms with E-state index in [-0.39, 0.29) is 24.5 Å². The van der Waals surface area contributed by atoms with Gasteiger partial charge in [0, 0.05) is 16.0 Å². The lowest BCUT2D eigenvalue weighted by Crippen LogP contribution is -2.54. The molecule has 0 saturated carbocycles. The fourth-order valence-electron chi connectivity index (χ4n) is 4.72. The van der Waals surface area contributed by atoms with Gasteiger partial charge in [0.25, 0.3) is 0 Å². The van der Waals surface area contributed by atoms with Crippen LogP contribution in [-0.2, 0) is 14.3 Å². The van der Waals surface area contributed by atoms with E-state index in [4.69, 9.17) is 27.9 Å². The summed E-state index contributed by atoms with van der Waals surface area (Å²) < 4.78 is 4.95. The van der Waals surface area contributed by atoms with E-state index >= 15 is 0 Å². The molecular weight excluding hydrogens is 449 g/mol.